The van der Waals surface area contributed by atoms with Crippen molar-refractivity contribution in [1.29, 1.82) is 0 Å². The Balaban J connectivity index is 1.33. The molecule has 0 radical (unpaired) electrons. The molecule has 0 unspecified atom stereocenters. The lowest BCUT2D eigenvalue weighted by molar-refractivity contribution is 0.0686. The van der Waals surface area contributed by atoms with Crippen molar-refractivity contribution in [1.82, 2.24) is 28.8 Å². The first kappa shape index (κ1) is 18.4. The Labute approximate surface area is 182 Å². The summed E-state index contributed by atoms with van der Waals surface area (Å²) >= 11 is 0. The van der Waals surface area contributed by atoms with Gasteiger partial charge in [-0.3, -0.25) is 10.1 Å². The van der Waals surface area contributed by atoms with Gasteiger partial charge in [-0.05, 0) is 42.3 Å². The third kappa shape index (κ3) is 2.88. The highest BCUT2D eigenvalue weighted by Crippen LogP contribution is 2.25. The molecule has 6 aromatic rings. The van der Waals surface area contributed by atoms with E-state index in [2.05, 4.69) is 20.4 Å². The number of benzene rings is 1. The number of anilines is 2. The van der Waals surface area contributed by atoms with E-state index >= 15 is 0 Å². The fraction of sp³-hybridized carbons (Fsp3) is 0.182. The van der Waals surface area contributed by atoms with Gasteiger partial charge in [0.25, 0.3) is 0 Å². The average Bonchev–Trinajstić information content (AvgIpc) is 3.44. The second kappa shape index (κ2) is 6.84. The molecule has 1 aliphatic rings. The van der Waals surface area contributed by atoms with E-state index in [1.54, 1.807) is 30.1 Å². The Bertz CT molecular complexity index is 1470. The number of aromatic carboxylic acids is 1. The van der Waals surface area contributed by atoms with Crippen LogP contribution in [0.25, 0.3) is 16.6 Å². The maximum atomic E-state index is 11.5. The van der Waals surface area contributed by atoms with Crippen LogP contribution >= 0.6 is 0 Å². The van der Waals surface area contributed by atoms with E-state index in [0.29, 0.717) is 24.0 Å². The minimum Gasteiger partial charge on any atom is -0.477 e. The van der Waals surface area contributed by atoms with E-state index in [1.807, 2.05) is 45.7 Å². The number of carboxylic acids is 1. The highest BCUT2D eigenvalue weighted by atomic mass is 16.4. The Kier molecular flexibility index (Phi) is 3.94. The predicted octanol–water partition coefficient (Wildman–Crippen LogP) is 2.55. The summed E-state index contributed by atoms with van der Waals surface area (Å²) < 4.78 is 5.51. The van der Waals surface area contributed by atoms with Crippen molar-refractivity contribution in [2.45, 2.75) is 13.0 Å². The van der Waals surface area contributed by atoms with E-state index in [-0.39, 0.29) is 0 Å². The predicted molar refractivity (Wildman–Crippen MR) is 119 cm³/mol. The fourth-order valence-electron chi connectivity index (χ4n) is 4.30. The largest absolute Gasteiger partial charge is 0.477 e. The quantitative estimate of drug-likeness (QED) is 0.453. The number of nitrogens with one attached hydrogen (secondary N) is 1. The lowest BCUT2D eigenvalue weighted by Crippen LogP contribution is -2.32. The normalized spacial score (nSPS) is 13.6. The van der Waals surface area contributed by atoms with Gasteiger partial charge in [0.15, 0.2) is 5.82 Å². The second-order valence-electron chi connectivity index (χ2n) is 7.89. The first-order valence-electron chi connectivity index (χ1n) is 10.3. The average molecular weight is 428 g/mol. The molecule has 10 nitrogen and oxygen atoms in total. The number of fused-ring (bicyclic) bond motifs is 3. The van der Waals surface area contributed by atoms with Gasteiger partial charge in [0.2, 0.25) is 5.95 Å². The minimum absolute atomic E-state index is 0.303. The topological polar surface area (TPSA) is 106 Å². The van der Waals surface area contributed by atoms with Crippen LogP contribution in [0.4, 0.5) is 11.8 Å². The van der Waals surface area contributed by atoms with Crippen molar-refractivity contribution >= 4 is 34.3 Å². The summed E-state index contributed by atoms with van der Waals surface area (Å²) in [5.74, 6) is 0.327. The van der Waals surface area contributed by atoms with Crippen LogP contribution < -0.4 is 10.3 Å². The van der Waals surface area contributed by atoms with Crippen LogP contribution in [0, 0.1) is 0 Å². The molecule has 32 heavy (non-hydrogen) atoms. The van der Waals surface area contributed by atoms with Gasteiger partial charge < -0.3 is 14.6 Å². The first-order chi connectivity index (χ1) is 15.6. The van der Waals surface area contributed by atoms with Crippen molar-refractivity contribution in [3.05, 3.63) is 71.9 Å². The second-order valence-corrected chi connectivity index (χ2v) is 7.89. The van der Waals surface area contributed by atoms with Crippen molar-refractivity contribution in [3.63, 3.8) is 0 Å². The molecule has 0 saturated carbocycles. The molecule has 1 aliphatic heterocycles. The molecule has 0 fully saturated rings. The minimum atomic E-state index is -0.916. The summed E-state index contributed by atoms with van der Waals surface area (Å²) in [5, 5.41) is 13.8. The summed E-state index contributed by atoms with van der Waals surface area (Å²) in [6.07, 6.45) is 6.23. The molecule has 5 aromatic heterocycles. The molecule has 0 amide bonds. The lowest BCUT2D eigenvalue weighted by atomic mass is 10.1. The SMILES string of the molecule is Cn1c(C(=O)O)cc2c1CN(c1nccc(Nn3c4ccc(cc4)n4cc3cn4)n1)CC2. The Morgan fingerprint density at radius 3 is 2.75 bits per heavy atom. The number of aromatic nitrogens is 6. The van der Waals surface area contributed by atoms with Crippen molar-refractivity contribution in [3.8, 4) is 0 Å². The number of hydrogen-bond donors (Lipinski definition) is 2. The van der Waals surface area contributed by atoms with Crippen LogP contribution in [0.15, 0.2) is 55.0 Å². The summed E-state index contributed by atoms with van der Waals surface area (Å²) in [7, 11) is 1.79. The summed E-state index contributed by atoms with van der Waals surface area (Å²) in [5.41, 5.74) is 8.60. The lowest BCUT2D eigenvalue weighted by Gasteiger charge is -2.28. The van der Waals surface area contributed by atoms with Gasteiger partial charge in [0.05, 0.1) is 30.0 Å². The zero-order chi connectivity index (χ0) is 21.8. The Morgan fingerprint density at radius 2 is 1.94 bits per heavy atom. The van der Waals surface area contributed by atoms with Gasteiger partial charge in [-0.15, -0.1) is 0 Å². The Morgan fingerprint density at radius 1 is 1.12 bits per heavy atom. The summed E-state index contributed by atoms with van der Waals surface area (Å²) in [4.78, 5) is 22.8. The van der Waals surface area contributed by atoms with Gasteiger partial charge in [-0.2, -0.15) is 10.1 Å². The highest BCUT2D eigenvalue weighted by Gasteiger charge is 2.25. The molecule has 0 aliphatic carbocycles. The third-order valence-corrected chi connectivity index (χ3v) is 6.01. The molecule has 0 saturated heterocycles. The van der Waals surface area contributed by atoms with Gasteiger partial charge in [0.1, 0.15) is 11.2 Å². The van der Waals surface area contributed by atoms with Crippen LogP contribution in [-0.2, 0) is 20.0 Å². The molecule has 10 heteroatoms. The van der Waals surface area contributed by atoms with Crippen molar-refractivity contribution in [2.75, 3.05) is 16.9 Å². The van der Waals surface area contributed by atoms with Gasteiger partial charge >= 0.3 is 5.97 Å². The van der Waals surface area contributed by atoms with Gasteiger partial charge in [-0.1, -0.05) is 0 Å². The number of carbonyl (C=O) groups is 1. The van der Waals surface area contributed by atoms with E-state index in [4.69, 9.17) is 4.98 Å². The molecule has 160 valence electrons. The molecule has 4 bridgehead atoms. The monoisotopic (exact) mass is 428 g/mol. The summed E-state index contributed by atoms with van der Waals surface area (Å²) in [6.45, 7) is 1.28. The van der Waals surface area contributed by atoms with Crippen molar-refractivity contribution in [2.24, 2.45) is 7.05 Å². The van der Waals surface area contributed by atoms with E-state index in [9.17, 15) is 9.90 Å². The van der Waals surface area contributed by atoms with Crippen LogP contribution in [0.2, 0.25) is 0 Å². The van der Waals surface area contributed by atoms with Gasteiger partial charge in [-0.25, -0.2) is 14.3 Å². The zero-order valence-corrected chi connectivity index (χ0v) is 17.3. The molecule has 7 rings (SSSR count). The smallest absolute Gasteiger partial charge is 0.352 e. The van der Waals surface area contributed by atoms with Crippen LogP contribution in [0.1, 0.15) is 21.7 Å². The fourth-order valence-corrected chi connectivity index (χ4v) is 4.30. The molecule has 6 heterocycles. The van der Waals surface area contributed by atoms with Crippen molar-refractivity contribution < 1.29 is 9.90 Å². The van der Waals surface area contributed by atoms with Crippen LogP contribution in [0.5, 0.6) is 0 Å². The van der Waals surface area contributed by atoms with Crippen LogP contribution in [-0.4, -0.2) is 46.4 Å². The van der Waals surface area contributed by atoms with Gasteiger partial charge in [0, 0.05) is 31.5 Å². The number of rotatable bonds is 4. The first-order valence-corrected chi connectivity index (χ1v) is 10.3. The summed E-state index contributed by atoms with van der Waals surface area (Å²) in [6, 6.07) is 11.7. The van der Waals surface area contributed by atoms with E-state index in [0.717, 1.165) is 40.8 Å². The molecular weight excluding hydrogens is 408 g/mol. The maximum absolute atomic E-state index is 11.5. The Hall–Kier alpha value is -4.34. The zero-order valence-electron chi connectivity index (χ0n) is 17.3. The van der Waals surface area contributed by atoms with Crippen LogP contribution in [0.3, 0.4) is 0 Å². The van der Waals surface area contributed by atoms with E-state index in [1.165, 1.54) is 0 Å². The highest BCUT2D eigenvalue weighted by molar-refractivity contribution is 5.86. The number of nitrogens with zero attached hydrogens (tertiary/aromatic N) is 7. The molecular formula is C22H20N8O2. The number of hydrogen-bond acceptors (Lipinski definition) is 6. The number of carboxylic acid groups (broad SMARTS) is 1. The molecule has 1 aromatic carbocycles. The maximum Gasteiger partial charge on any atom is 0.352 e. The van der Waals surface area contributed by atoms with E-state index < -0.39 is 5.97 Å². The third-order valence-electron chi connectivity index (χ3n) is 6.01. The molecule has 0 atom stereocenters. The molecule has 0 spiro atoms. The molecule has 2 N–H and O–H groups in total. The standard InChI is InChI=1S/C22H20N8O2/c1-27-18(21(31)32)10-14-7-9-28(13-19(14)27)22-23-8-6-20(25-22)26-30-16-4-2-15(3-5-16)29-12-17(30)11-24-29/h2-6,8,10-12H,7,9,13H2,1H3,(H,31,32)(H,23,25,26).